The number of benzene rings is 1. The Morgan fingerprint density at radius 1 is 1.20 bits per heavy atom. The maximum Gasteiger partial charge on any atom is 0.250 e. The lowest BCUT2D eigenvalue weighted by Gasteiger charge is -2.25. The molecule has 0 aliphatic heterocycles. The Morgan fingerprint density at radius 2 is 2.00 bits per heavy atom. The van der Waals surface area contributed by atoms with E-state index in [2.05, 4.69) is 26.7 Å². The highest BCUT2D eigenvalue weighted by atomic mass is 79.9. The molecule has 0 spiro atoms. The Balaban J connectivity index is 1.89. The highest BCUT2D eigenvalue weighted by Crippen LogP contribution is 2.32. The van der Waals surface area contributed by atoms with Crippen LogP contribution in [0.1, 0.15) is 30.0 Å². The fraction of sp³-hybridized carbons (Fsp3) is 0.286. The average molecular weight is 372 g/mol. The minimum Gasteiger partial charge on any atom is -0.206 e. The Bertz CT molecular complexity index is 724. The van der Waals surface area contributed by atoms with Crippen LogP contribution in [0.15, 0.2) is 44.4 Å². The van der Waals surface area contributed by atoms with Gasteiger partial charge in [-0.3, -0.25) is 0 Å². The normalized spacial score (nSPS) is 18.8. The van der Waals surface area contributed by atoms with Gasteiger partial charge in [-0.05, 0) is 58.5 Å². The van der Waals surface area contributed by atoms with Crippen LogP contribution in [0.4, 0.5) is 0 Å². The summed E-state index contributed by atoms with van der Waals surface area (Å²) in [6.45, 7) is 0. The number of aryl methyl sites for hydroxylation is 1. The molecule has 3 rings (SSSR count). The molecule has 6 heteroatoms. The van der Waals surface area contributed by atoms with Crippen molar-refractivity contribution in [3.05, 3.63) is 51.3 Å². The molecular formula is C14H14BrNO2S2. The van der Waals surface area contributed by atoms with Crippen molar-refractivity contribution in [2.45, 2.75) is 29.5 Å². The number of sulfonamides is 1. The summed E-state index contributed by atoms with van der Waals surface area (Å²) in [4.78, 5) is 0. The van der Waals surface area contributed by atoms with Crippen molar-refractivity contribution in [2.75, 3.05) is 0 Å². The molecule has 0 unspecified atom stereocenters. The first kappa shape index (κ1) is 14.3. The molecule has 1 aromatic heterocycles. The molecule has 1 aromatic carbocycles. The van der Waals surface area contributed by atoms with Crippen LogP contribution in [0.3, 0.4) is 0 Å². The number of rotatable bonds is 3. The van der Waals surface area contributed by atoms with Crippen LogP contribution in [0, 0.1) is 0 Å². The molecule has 0 bridgehead atoms. The molecule has 0 fully saturated rings. The van der Waals surface area contributed by atoms with Gasteiger partial charge in [0.15, 0.2) is 0 Å². The van der Waals surface area contributed by atoms with Gasteiger partial charge in [-0.25, -0.2) is 13.1 Å². The third kappa shape index (κ3) is 2.83. The van der Waals surface area contributed by atoms with Crippen molar-refractivity contribution < 1.29 is 8.42 Å². The topological polar surface area (TPSA) is 46.2 Å². The van der Waals surface area contributed by atoms with Crippen molar-refractivity contribution in [2.24, 2.45) is 0 Å². The molecule has 1 aliphatic carbocycles. The summed E-state index contributed by atoms with van der Waals surface area (Å²) in [5.74, 6) is 0. The number of thiophene rings is 1. The van der Waals surface area contributed by atoms with E-state index in [1.165, 1.54) is 16.9 Å². The number of nitrogens with one attached hydrogen (secondary N) is 1. The zero-order valence-corrected chi connectivity index (χ0v) is 13.9. The Labute approximate surface area is 131 Å². The lowest BCUT2D eigenvalue weighted by atomic mass is 9.88. The van der Waals surface area contributed by atoms with Gasteiger partial charge in [0, 0.05) is 6.04 Å². The smallest absolute Gasteiger partial charge is 0.206 e. The lowest BCUT2D eigenvalue weighted by molar-refractivity contribution is 0.508. The molecule has 1 heterocycles. The molecule has 0 amide bonds. The van der Waals surface area contributed by atoms with Gasteiger partial charge in [-0.15, -0.1) is 11.3 Å². The summed E-state index contributed by atoms with van der Waals surface area (Å²) >= 11 is 4.53. The summed E-state index contributed by atoms with van der Waals surface area (Å²) in [7, 11) is -3.44. The van der Waals surface area contributed by atoms with Crippen LogP contribution >= 0.6 is 27.3 Å². The predicted octanol–water partition coefficient (Wildman–Crippen LogP) is 3.87. The highest BCUT2D eigenvalue weighted by Gasteiger charge is 2.26. The van der Waals surface area contributed by atoms with E-state index in [0.29, 0.717) is 4.21 Å². The van der Waals surface area contributed by atoms with Crippen LogP contribution in [-0.4, -0.2) is 8.42 Å². The van der Waals surface area contributed by atoms with Gasteiger partial charge in [-0.2, -0.15) is 0 Å². The van der Waals surface area contributed by atoms with Gasteiger partial charge < -0.3 is 0 Å². The van der Waals surface area contributed by atoms with Crippen LogP contribution < -0.4 is 4.72 Å². The third-order valence-corrected chi connectivity index (χ3v) is 7.07. The largest absolute Gasteiger partial charge is 0.250 e. The highest BCUT2D eigenvalue weighted by molar-refractivity contribution is 9.11. The minimum atomic E-state index is -3.44. The van der Waals surface area contributed by atoms with E-state index in [4.69, 9.17) is 0 Å². The average Bonchev–Trinajstić information content (AvgIpc) is 2.86. The number of halogens is 1. The van der Waals surface area contributed by atoms with Gasteiger partial charge in [0.25, 0.3) is 10.0 Å². The second kappa shape index (κ2) is 5.60. The summed E-state index contributed by atoms with van der Waals surface area (Å²) < 4.78 is 28.8. The molecule has 0 radical (unpaired) electrons. The monoisotopic (exact) mass is 371 g/mol. The molecule has 0 saturated heterocycles. The number of hydrogen-bond donors (Lipinski definition) is 1. The SMILES string of the molecule is O=S(=O)(N[C@H]1CCCc2ccccc21)c1ccc(Br)s1. The Hall–Kier alpha value is -0.690. The van der Waals surface area contributed by atoms with E-state index in [-0.39, 0.29) is 6.04 Å². The summed E-state index contributed by atoms with van der Waals surface area (Å²) in [6, 6.07) is 11.3. The van der Waals surface area contributed by atoms with E-state index >= 15 is 0 Å². The summed E-state index contributed by atoms with van der Waals surface area (Å²) in [5.41, 5.74) is 2.36. The molecule has 1 atom stereocenters. The van der Waals surface area contributed by atoms with Gasteiger partial charge in [0.2, 0.25) is 0 Å². The summed E-state index contributed by atoms with van der Waals surface area (Å²) in [5, 5.41) is 0. The van der Waals surface area contributed by atoms with E-state index in [9.17, 15) is 8.42 Å². The molecule has 20 heavy (non-hydrogen) atoms. The fourth-order valence-electron chi connectivity index (χ4n) is 2.56. The van der Waals surface area contributed by atoms with Gasteiger partial charge in [0.05, 0.1) is 3.79 Å². The van der Waals surface area contributed by atoms with Crippen molar-refractivity contribution in [3.63, 3.8) is 0 Å². The van der Waals surface area contributed by atoms with E-state index < -0.39 is 10.0 Å². The molecule has 1 aliphatic rings. The summed E-state index contributed by atoms with van der Waals surface area (Å²) in [6.07, 6.45) is 2.89. The van der Waals surface area contributed by atoms with Crippen LogP contribution in [0.5, 0.6) is 0 Å². The molecule has 106 valence electrons. The zero-order valence-electron chi connectivity index (χ0n) is 10.7. The van der Waals surface area contributed by atoms with Gasteiger partial charge >= 0.3 is 0 Å². The standard InChI is InChI=1S/C14H14BrNO2S2/c15-13-8-9-14(19-13)20(17,18)16-12-7-3-5-10-4-1-2-6-11(10)12/h1-2,4,6,8-9,12,16H,3,5,7H2/t12-/m0/s1. The van der Waals surface area contributed by atoms with Crippen LogP contribution in [0.2, 0.25) is 0 Å². The zero-order chi connectivity index (χ0) is 14.2. The van der Waals surface area contributed by atoms with Gasteiger partial charge in [0.1, 0.15) is 4.21 Å². The predicted molar refractivity (Wildman–Crippen MR) is 84.5 cm³/mol. The maximum atomic E-state index is 12.4. The van der Waals surface area contributed by atoms with Crippen molar-refractivity contribution in [1.82, 2.24) is 4.72 Å². The van der Waals surface area contributed by atoms with Crippen molar-refractivity contribution in [1.29, 1.82) is 0 Å². The molecule has 3 nitrogen and oxygen atoms in total. The molecular weight excluding hydrogens is 358 g/mol. The molecule has 0 saturated carbocycles. The second-order valence-corrected chi connectivity index (χ2v) is 9.23. The fourth-order valence-corrected chi connectivity index (χ4v) is 5.84. The van der Waals surface area contributed by atoms with Crippen molar-refractivity contribution >= 4 is 37.3 Å². The van der Waals surface area contributed by atoms with Gasteiger partial charge in [-0.1, -0.05) is 24.3 Å². The Kier molecular flexibility index (Phi) is 3.99. The molecule has 1 N–H and O–H groups in total. The first-order valence-corrected chi connectivity index (χ1v) is 9.51. The molecule has 2 aromatic rings. The van der Waals surface area contributed by atoms with Crippen LogP contribution in [-0.2, 0) is 16.4 Å². The van der Waals surface area contributed by atoms with Crippen LogP contribution in [0.25, 0.3) is 0 Å². The quantitative estimate of drug-likeness (QED) is 0.889. The third-order valence-electron chi connectivity index (χ3n) is 3.48. The van der Waals surface area contributed by atoms with E-state index in [1.807, 2.05) is 18.2 Å². The number of hydrogen-bond acceptors (Lipinski definition) is 3. The first-order chi connectivity index (χ1) is 9.56. The van der Waals surface area contributed by atoms with E-state index in [0.717, 1.165) is 28.6 Å². The lowest BCUT2D eigenvalue weighted by Crippen LogP contribution is -2.30. The second-order valence-electron chi connectivity index (χ2n) is 4.82. The minimum absolute atomic E-state index is 0.120. The maximum absolute atomic E-state index is 12.4. The van der Waals surface area contributed by atoms with Crippen molar-refractivity contribution in [3.8, 4) is 0 Å². The first-order valence-electron chi connectivity index (χ1n) is 6.42. The number of fused-ring (bicyclic) bond motifs is 1. The Morgan fingerprint density at radius 3 is 2.75 bits per heavy atom. The van der Waals surface area contributed by atoms with E-state index in [1.54, 1.807) is 12.1 Å².